The van der Waals surface area contributed by atoms with Crippen LogP contribution < -0.4 is 4.90 Å². The summed E-state index contributed by atoms with van der Waals surface area (Å²) in [5.41, 5.74) is 10.0. The van der Waals surface area contributed by atoms with Crippen molar-refractivity contribution in [2.75, 3.05) is 4.90 Å². The molecule has 0 amide bonds. The Morgan fingerprint density at radius 2 is 1.08 bits per heavy atom. The molecule has 2 nitrogen and oxygen atoms in total. The van der Waals surface area contributed by atoms with Gasteiger partial charge in [0.1, 0.15) is 11.2 Å². The molecule has 0 aliphatic heterocycles. The fourth-order valence-electron chi connectivity index (χ4n) is 8.10. The van der Waals surface area contributed by atoms with Crippen molar-refractivity contribution in [3.05, 3.63) is 188 Å². The van der Waals surface area contributed by atoms with Crippen molar-refractivity contribution in [1.29, 1.82) is 0 Å². The van der Waals surface area contributed by atoms with Gasteiger partial charge in [-0.05, 0) is 93.0 Å². The van der Waals surface area contributed by atoms with Gasteiger partial charge in [-0.3, -0.25) is 0 Å². The molecule has 11 aromatic rings. The van der Waals surface area contributed by atoms with Gasteiger partial charge >= 0.3 is 0 Å². The number of nitrogens with zero attached hydrogens (tertiary/aromatic N) is 1. The first-order chi connectivity index (χ1) is 26.3. The summed E-state index contributed by atoms with van der Waals surface area (Å²) in [6.07, 6.45) is 0. The summed E-state index contributed by atoms with van der Waals surface area (Å²) in [5.74, 6) is 0. The van der Waals surface area contributed by atoms with Crippen LogP contribution in [0.1, 0.15) is 0 Å². The van der Waals surface area contributed by atoms with Crippen LogP contribution in [0.15, 0.2) is 192 Å². The van der Waals surface area contributed by atoms with Gasteiger partial charge in [-0.15, -0.1) is 11.3 Å². The van der Waals surface area contributed by atoms with E-state index in [2.05, 4.69) is 193 Å². The lowest BCUT2D eigenvalue weighted by Gasteiger charge is -2.27. The first-order valence-corrected chi connectivity index (χ1v) is 18.8. The number of hydrogen-bond acceptors (Lipinski definition) is 3. The molecule has 0 aliphatic rings. The molecule has 0 atom stereocenters. The molecule has 0 saturated carbocycles. The number of furan rings is 1. The highest BCUT2D eigenvalue weighted by molar-refractivity contribution is 7.26. The van der Waals surface area contributed by atoms with Crippen molar-refractivity contribution >= 4 is 92.1 Å². The molecule has 248 valence electrons. The Morgan fingerprint density at radius 3 is 1.96 bits per heavy atom. The summed E-state index contributed by atoms with van der Waals surface area (Å²) in [6, 6.07) is 67.9. The number of hydrogen-bond donors (Lipinski definition) is 0. The van der Waals surface area contributed by atoms with E-state index in [0.29, 0.717) is 0 Å². The molecule has 0 radical (unpaired) electrons. The van der Waals surface area contributed by atoms with Gasteiger partial charge in [0.05, 0.1) is 10.4 Å². The van der Waals surface area contributed by atoms with Crippen molar-refractivity contribution in [3.8, 4) is 22.3 Å². The Kier molecular flexibility index (Phi) is 6.76. The molecule has 2 heterocycles. The SMILES string of the molecule is c1ccc(-c2cccc(N(c3ccc(-c4ccc5ccccc5c4)cc3)c3cccc4c3sc3ccc5oc6c7ccccc7ccc6c5c34)c2)cc1. The zero-order valence-corrected chi connectivity index (χ0v) is 29.5. The summed E-state index contributed by atoms with van der Waals surface area (Å²) < 4.78 is 9.12. The number of benzene rings is 9. The molecular formula is C50H31NOS. The molecule has 0 aliphatic carbocycles. The van der Waals surface area contributed by atoms with E-state index < -0.39 is 0 Å². The van der Waals surface area contributed by atoms with E-state index in [9.17, 15) is 0 Å². The molecular weight excluding hydrogens is 663 g/mol. The molecule has 0 fully saturated rings. The van der Waals surface area contributed by atoms with Crippen LogP contribution >= 0.6 is 11.3 Å². The van der Waals surface area contributed by atoms with Crippen molar-refractivity contribution in [3.63, 3.8) is 0 Å². The van der Waals surface area contributed by atoms with Crippen molar-refractivity contribution in [2.45, 2.75) is 0 Å². The van der Waals surface area contributed by atoms with E-state index in [0.717, 1.165) is 39.0 Å². The Balaban J connectivity index is 1.12. The zero-order valence-electron chi connectivity index (χ0n) is 28.7. The van der Waals surface area contributed by atoms with E-state index in [1.54, 1.807) is 0 Å². The summed E-state index contributed by atoms with van der Waals surface area (Å²) in [5, 5.41) is 9.67. The maximum atomic E-state index is 6.63. The minimum Gasteiger partial charge on any atom is -0.455 e. The number of anilines is 3. The van der Waals surface area contributed by atoms with E-state index >= 15 is 0 Å². The minimum atomic E-state index is 0.922. The second-order valence-electron chi connectivity index (χ2n) is 13.7. The predicted octanol–water partition coefficient (Wildman–Crippen LogP) is 15.1. The predicted molar refractivity (Wildman–Crippen MR) is 227 cm³/mol. The lowest BCUT2D eigenvalue weighted by Crippen LogP contribution is -2.10. The Bertz CT molecular complexity index is 3170. The van der Waals surface area contributed by atoms with E-state index in [4.69, 9.17) is 4.42 Å². The Hall–Kier alpha value is -6.68. The topological polar surface area (TPSA) is 16.4 Å². The van der Waals surface area contributed by atoms with Gasteiger partial charge in [-0.1, -0.05) is 133 Å². The zero-order chi connectivity index (χ0) is 34.9. The fraction of sp³-hybridized carbons (Fsp3) is 0. The molecule has 0 bridgehead atoms. The molecule has 3 heteroatoms. The first kappa shape index (κ1) is 30.0. The lowest BCUT2D eigenvalue weighted by molar-refractivity contribution is 0.673. The van der Waals surface area contributed by atoms with Crippen molar-refractivity contribution in [2.24, 2.45) is 0 Å². The molecule has 0 N–H and O–H groups in total. The lowest BCUT2D eigenvalue weighted by atomic mass is 10.0. The monoisotopic (exact) mass is 693 g/mol. The van der Waals surface area contributed by atoms with Crippen LogP contribution in [-0.2, 0) is 0 Å². The average molecular weight is 694 g/mol. The number of rotatable bonds is 5. The van der Waals surface area contributed by atoms with Crippen LogP contribution in [0.4, 0.5) is 17.1 Å². The third-order valence-corrected chi connectivity index (χ3v) is 11.8. The van der Waals surface area contributed by atoms with Gasteiger partial charge in [0.25, 0.3) is 0 Å². The molecule has 0 saturated heterocycles. The van der Waals surface area contributed by atoms with Crippen LogP contribution in [0.2, 0.25) is 0 Å². The largest absolute Gasteiger partial charge is 0.455 e. The van der Waals surface area contributed by atoms with Crippen LogP contribution in [-0.4, -0.2) is 0 Å². The minimum absolute atomic E-state index is 0.922. The van der Waals surface area contributed by atoms with Crippen molar-refractivity contribution < 1.29 is 4.42 Å². The molecule has 0 spiro atoms. The maximum absolute atomic E-state index is 6.63. The van der Waals surface area contributed by atoms with Gasteiger partial charge in [-0.2, -0.15) is 0 Å². The van der Waals surface area contributed by atoms with Crippen LogP contribution in [0.25, 0.3) is 85.9 Å². The molecule has 9 aromatic carbocycles. The highest BCUT2D eigenvalue weighted by Crippen LogP contribution is 2.49. The standard InChI is InChI=1S/C50H31NOS/c1-2-10-32(11-3-1)37-15-8-16-40(31-37)51(39-25-22-34(23-26-39)38-21-20-33-12-4-5-14-36(33)30-38)44-19-9-18-43-48-46(53-50(43)44)29-28-45-47(48)42-27-24-35-13-6-7-17-41(35)49(42)52-45/h1-31H. The van der Waals surface area contributed by atoms with Gasteiger partial charge in [0.2, 0.25) is 0 Å². The van der Waals surface area contributed by atoms with Gasteiger partial charge in [-0.25, -0.2) is 0 Å². The van der Waals surface area contributed by atoms with Crippen LogP contribution in [0.3, 0.4) is 0 Å². The Labute approximate surface area is 310 Å². The highest BCUT2D eigenvalue weighted by Gasteiger charge is 2.22. The van der Waals surface area contributed by atoms with Crippen LogP contribution in [0, 0.1) is 0 Å². The van der Waals surface area contributed by atoms with Gasteiger partial charge < -0.3 is 9.32 Å². The van der Waals surface area contributed by atoms with E-state index in [1.165, 1.54) is 64.0 Å². The third-order valence-electron chi connectivity index (χ3n) is 10.6. The molecule has 2 aromatic heterocycles. The summed E-state index contributed by atoms with van der Waals surface area (Å²) >= 11 is 1.85. The second-order valence-corrected chi connectivity index (χ2v) is 14.7. The third kappa shape index (κ3) is 4.86. The van der Waals surface area contributed by atoms with E-state index in [1.807, 2.05) is 11.3 Å². The quantitative estimate of drug-likeness (QED) is 0.178. The first-order valence-electron chi connectivity index (χ1n) is 18.0. The normalized spacial score (nSPS) is 11.8. The molecule has 11 rings (SSSR count). The second kappa shape index (κ2) is 11.9. The van der Waals surface area contributed by atoms with Gasteiger partial charge in [0, 0.05) is 43.0 Å². The number of thiophene rings is 1. The summed E-state index contributed by atoms with van der Waals surface area (Å²) in [4.78, 5) is 2.42. The molecule has 0 unspecified atom stereocenters. The fourth-order valence-corrected chi connectivity index (χ4v) is 9.31. The van der Waals surface area contributed by atoms with Gasteiger partial charge in [0.15, 0.2) is 0 Å². The maximum Gasteiger partial charge on any atom is 0.143 e. The van der Waals surface area contributed by atoms with E-state index in [-0.39, 0.29) is 0 Å². The smallest absolute Gasteiger partial charge is 0.143 e. The average Bonchev–Trinajstić information content (AvgIpc) is 3.81. The molecule has 53 heavy (non-hydrogen) atoms. The highest BCUT2D eigenvalue weighted by atomic mass is 32.1. The summed E-state index contributed by atoms with van der Waals surface area (Å²) in [7, 11) is 0. The van der Waals surface area contributed by atoms with Crippen molar-refractivity contribution in [1.82, 2.24) is 0 Å². The number of fused-ring (bicyclic) bond motifs is 10. The Morgan fingerprint density at radius 1 is 0.396 bits per heavy atom. The van der Waals surface area contributed by atoms with Crippen LogP contribution in [0.5, 0.6) is 0 Å². The summed E-state index contributed by atoms with van der Waals surface area (Å²) in [6.45, 7) is 0.